The van der Waals surface area contributed by atoms with Crippen molar-refractivity contribution in [1.82, 2.24) is 0 Å². The third-order valence-corrected chi connectivity index (χ3v) is 3.51. The minimum Gasteiger partial charge on any atom is -0.811 e. The molecule has 0 unspecified atom stereocenters. The Morgan fingerprint density at radius 3 is 0.594 bits per heavy atom. The van der Waals surface area contributed by atoms with E-state index >= 15 is 0 Å². The average molecular weight is 546 g/mol. The van der Waals surface area contributed by atoms with Crippen molar-refractivity contribution in [3.63, 3.8) is 0 Å². The van der Waals surface area contributed by atoms with E-state index < -0.39 is 27.5 Å². The van der Waals surface area contributed by atoms with Gasteiger partial charge in [0.2, 0.25) is 0 Å². The largest absolute Gasteiger partial charge is 1.00 e. The van der Waals surface area contributed by atoms with Crippen LogP contribution in [0.3, 0.4) is 0 Å². The summed E-state index contributed by atoms with van der Waals surface area (Å²) in [6, 6.07) is 0. The zero-order chi connectivity index (χ0) is 23.5. The molecule has 14 nitrogen and oxygen atoms in total. The van der Waals surface area contributed by atoms with Gasteiger partial charge >= 0.3 is 118 Å². The van der Waals surface area contributed by atoms with Crippen molar-refractivity contribution in [3.8, 4) is 0 Å². The molecule has 0 atom stereocenters. The summed E-state index contributed by atoms with van der Waals surface area (Å²) in [5.74, 6) is 0. The first kappa shape index (κ1) is 60.5. The molecule has 32 heavy (non-hydrogen) atoms. The second-order valence-electron chi connectivity index (χ2n) is 4.69. The van der Waals surface area contributed by atoms with Gasteiger partial charge in [-0.1, -0.05) is 15.2 Å². The molecule has 0 saturated carbocycles. The molecule has 0 fully saturated rings. The van der Waals surface area contributed by atoms with E-state index in [1.54, 1.807) is 0 Å². The number of hydrogen-bond acceptors (Lipinski definition) is 14. The van der Waals surface area contributed by atoms with Crippen molar-refractivity contribution in [1.29, 1.82) is 0 Å². The molecule has 0 aromatic carbocycles. The van der Waals surface area contributed by atoms with Gasteiger partial charge < -0.3 is 74.6 Å². The molecule has 0 aliphatic carbocycles. The van der Waals surface area contributed by atoms with E-state index in [1.165, 1.54) is 0 Å². The summed E-state index contributed by atoms with van der Waals surface area (Å²) in [6.07, 6.45) is -1.32. The molecule has 20 heteroatoms. The number of rotatable bonds is 9. The molecule has 16 N–H and O–H groups in total. The van der Waals surface area contributed by atoms with Crippen molar-refractivity contribution in [2.45, 2.75) is 12.8 Å². The van der Waals surface area contributed by atoms with Gasteiger partial charge in [0.25, 0.3) is 0 Å². The van der Waals surface area contributed by atoms with Crippen molar-refractivity contribution in [3.05, 3.63) is 0 Å². The van der Waals surface area contributed by atoms with Crippen LogP contribution in [0.5, 0.6) is 0 Å². The quantitative estimate of drug-likeness (QED) is 0.0756. The Kier molecular flexibility index (Phi) is 97.5. The van der Waals surface area contributed by atoms with Gasteiger partial charge in [0.05, 0.1) is 0 Å². The van der Waals surface area contributed by atoms with Crippen molar-refractivity contribution in [2.75, 3.05) is 64.7 Å². The average Bonchev–Trinajstić information content (AvgIpc) is 2.64. The van der Waals surface area contributed by atoms with Gasteiger partial charge in [-0.15, -0.1) is 0 Å². The maximum Gasteiger partial charge on any atom is 1.00 e. The topological polar surface area (TPSA) is 335 Å². The monoisotopic (exact) mass is 546 g/mol. The number of nitrogens with two attached hydrogens (primary N) is 8. The fourth-order valence-corrected chi connectivity index (χ4v) is 1.83. The van der Waals surface area contributed by atoms with Gasteiger partial charge in [-0.2, -0.15) is 0 Å². The van der Waals surface area contributed by atoms with Gasteiger partial charge in [0, 0.05) is 52.4 Å². The minimum atomic E-state index is -4.54. The van der Waals surface area contributed by atoms with E-state index in [1.807, 2.05) is 0 Å². The molecule has 178 valence electrons. The van der Waals surface area contributed by atoms with E-state index in [0.29, 0.717) is 52.4 Å². The van der Waals surface area contributed by atoms with Crippen molar-refractivity contribution < 1.29 is 147 Å². The molecule has 0 aromatic heterocycles. The smallest absolute Gasteiger partial charge is 0.811 e. The van der Waals surface area contributed by atoms with E-state index in [4.69, 9.17) is 45.9 Å². The SMILES string of the molecule is NCCN.NCCN.NCCN.NCCN.O=P([O-])([O-])CCCCP(=O)([O-])[O-].[Na+].[Na+].[Na+].[Na+]. The van der Waals surface area contributed by atoms with Crippen LogP contribution in [0.1, 0.15) is 12.8 Å². The van der Waals surface area contributed by atoms with Gasteiger partial charge in [0.15, 0.2) is 0 Å². The third kappa shape index (κ3) is 128. The zero-order valence-corrected chi connectivity index (χ0v) is 30.2. The van der Waals surface area contributed by atoms with Crippen LogP contribution in [0.2, 0.25) is 0 Å². The molecular formula is C12H40N8Na4O6P2. The minimum absolute atomic E-state index is 0. The summed E-state index contributed by atoms with van der Waals surface area (Å²) < 4.78 is 20.0. The Bertz CT molecular complexity index is 315. The van der Waals surface area contributed by atoms with Crippen molar-refractivity contribution in [2.24, 2.45) is 45.9 Å². The Balaban J connectivity index is -0.0000000322. The number of unbranched alkanes of at least 4 members (excludes halogenated alkanes) is 1. The van der Waals surface area contributed by atoms with Crippen LogP contribution in [0.15, 0.2) is 0 Å². The van der Waals surface area contributed by atoms with Crippen LogP contribution in [-0.4, -0.2) is 64.7 Å². The van der Waals surface area contributed by atoms with Gasteiger partial charge in [-0.05, 0) is 25.2 Å². The Morgan fingerprint density at radius 2 is 0.531 bits per heavy atom. The molecule has 0 aliphatic rings. The molecule has 0 bridgehead atoms. The van der Waals surface area contributed by atoms with Gasteiger partial charge in [-0.25, -0.2) is 0 Å². The summed E-state index contributed by atoms with van der Waals surface area (Å²) in [6.45, 7) is 4.78. The molecule has 0 aromatic rings. The summed E-state index contributed by atoms with van der Waals surface area (Å²) >= 11 is 0. The second-order valence-corrected chi connectivity index (χ2v) is 8.02. The maximum absolute atomic E-state index is 10.0. The van der Waals surface area contributed by atoms with Crippen LogP contribution < -0.4 is 184 Å². The summed E-state index contributed by atoms with van der Waals surface area (Å²) in [4.78, 5) is 40.0. The third-order valence-electron chi connectivity index (χ3n) is 1.78. The predicted octanol–water partition coefficient (Wildman–Crippen LogP) is -18.8. The van der Waals surface area contributed by atoms with Crippen molar-refractivity contribution >= 4 is 15.2 Å². The molecule has 0 saturated heterocycles. The molecular weight excluding hydrogens is 506 g/mol. The molecule has 0 heterocycles. The molecule has 0 amide bonds. The van der Waals surface area contributed by atoms with Gasteiger partial charge in [-0.3, -0.25) is 0 Å². The molecule has 0 spiro atoms. The van der Waals surface area contributed by atoms with E-state index in [0.717, 1.165) is 0 Å². The maximum atomic E-state index is 10.0. The molecule has 0 radical (unpaired) electrons. The van der Waals surface area contributed by atoms with Crippen LogP contribution >= 0.6 is 15.2 Å². The van der Waals surface area contributed by atoms with Gasteiger partial charge in [0.1, 0.15) is 0 Å². The first-order chi connectivity index (χ1) is 12.9. The Morgan fingerprint density at radius 1 is 0.406 bits per heavy atom. The first-order valence-electron chi connectivity index (χ1n) is 8.49. The fraction of sp³-hybridized carbons (Fsp3) is 1.00. The molecule has 0 aliphatic heterocycles. The summed E-state index contributed by atoms with van der Waals surface area (Å²) in [5, 5.41) is 0. The Labute approximate surface area is 281 Å². The number of hydrogen-bond donors (Lipinski definition) is 8. The predicted molar refractivity (Wildman–Crippen MR) is 107 cm³/mol. The first-order valence-corrected chi connectivity index (χ1v) is 11.9. The standard InChI is InChI=1S/C4H12O6P2.4C2H8N2.4Na/c5-11(6,7)3-1-2-4-12(8,9)10;4*3-1-2-4;;;;/h1-4H2,(H2,5,6,7)(H2,8,9,10);4*1-4H2;;;;/q;;;;;4*+1/p-4. The van der Waals surface area contributed by atoms with E-state index in [9.17, 15) is 28.7 Å². The summed E-state index contributed by atoms with van der Waals surface area (Å²) in [5.41, 5.74) is 39.2. The zero-order valence-electron chi connectivity index (χ0n) is 20.4. The van der Waals surface area contributed by atoms with Crippen LogP contribution in [-0.2, 0) is 9.13 Å². The Hall–Kier alpha value is 3.98. The second kappa shape index (κ2) is 51.6. The molecule has 0 rings (SSSR count). The van der Waals surface area contributed by atoms with E-state index in [2.05, 4.69) is 0 Å². The van der Waals surface area contributed by atoms with Crippen LogP contribution in [0.25, 0.3) is 0 Å². The normalized spacial score (nSPS) is 8.75. The van der Waals surface area contributed by atoms with Crippen LogP contribution in [0.4, 0.5) is 0 Å². The summed E-state index contributed by atoms with van der Waals surface area (Å²) in [7, 11) is -9.08. The van der Waals surface area contributed by atoms with Crippen LogP contribution in [0, 0.1) is 0 Å². The van der Waals surface area contributed by atoms with E-state index in [-0.39, 0.29) is 131 Å². The fourth-order valence-electron chi connectivity index (χ4n) is 0.611.